The van der Waals surface area contributed by atoms with Crippen molar-refractivity contribution in [1.29, 1.82) is 0 Å². The van der Waals surface area contributed by atoms with Gasteiger partial charge in [-0.05, 0) is 6.92 Å². The maximum Gasteiger partial charge on any atom is 0.328 e. The summed E-state index contributed by atoms with van der Waals surface area (Å²) < 4.78 is 1.54. The molecule has 1 aliphatic heterocycles. The van der Waals surface area contributed by atoms with E-state index in [1.807, 2.05) is 0 Å². The number of nitrogens with one attached hydrogen (secondary N) is 1. The molecule has 1 fully saturated rings. The number of aliphatic hydroxyl groups excluding tert-OH is 1. The van der Waals surface area contributed by atoms with Crippen molar-refractivity contribution in [3.05, 3.63) is 32.6 Å². The van der Waals surface area contributed by atoms with Gasteiger partial charge in [-0.25, -0.2) is 4.79 Å². The molecule has 1 aliphatic rings. The van der Waals surface area contributed by atoms with E-state index in [-0.39, 0.29) is 29.8 Å². The Morgan fingerprint density at radius 1 is 1.56 bits per heavy atom. The van der Waals surface area contributed by atoms with Gasteiger partial charge < -0.3 is 5.11 Å². The van der Waals surface area contributed by atoms with Crippen molar-refractivity contribution in [2.75, 3.05) is 18.1 Å². The fraction of sp³-hybridized carbons (Fsp3) is 0.600. The van der Waals surface area contributed by atoms with Gasteiger partial charge in [-0.1, -0.05) is 0 Å². The molecule has 0 bridgehead atoms. The molecule has 1 aromatic rings. The molecular formula is C10H14N2O3S. The Bertz CT molecular complexity index is 494. The van der Waals surface area contributed by atoms with E-state index in [4.69, 9.17) is 0 Å². The van der Waals surface area contributed by atoms with Crippen molar-refractivity contribution in [3.8, 4) is 0 Å². The highest BCUT2D eigenvalue weighted by molar-refractivity contribution is 7.99. The van der Waals surface area contributed by atoms with Gasteiger partial charge in [-0.15, -0.1) is 0 Å². The zero-order valence-electron chi connectivity index (χ0n) is 8.97. The summed E-state index contributed by atoms with van der Waals surface area (Å²) in [7, 11) is 0. The molecule has 0 aromatic carbocycles. The number of aromatic amines is 1. The van der Waals surface area contributed by atoms with Crippen LogP contribution in [0.1, 0.15) is 11.6 Å². The number of hydrogen-bond donors (Lipinski definition) is 2. The summed E-state index contributed by atoms with van der Waals surface area (Å²) in [6.45, 7) is 1.74. The van der Waals surface area contributed by atoms with Gasteiger partial charge in [0.05, 0.1) is 6.04 Å². The molecule has 2 heterocycles. The summed E-state index contributed by atoms with van der Waals surface area (Å²) in [6.07, 6.45) is 1.58. The molecule has 0 aliphatic carbocycles. The van der Waals surface area contributed by atoms with E-state index in [0.717, 1.165) is 11.5 Å². The van der Waals surface area contributed by atoms with Crippen LogP contribution in [-0.4, -0.2) is 32.8 Å². The highest BCUT2D eigenvalue weighted by Crippen LogP contribution is 2.32. The lowest BCUT2D eigenvalue weighted by molar-refractivity contribution is 0.205. The Hall–Kier alpha value is -1.01. The summed E-state index contributed by atoms with van der Waals surface area (Å²) in [5, 5.41) is 9.21. The second-order valence-electron chi connectivity index (χ2n) is 4.03. The standard InChI is InChI=1S/C10H14N2O3S/c1-6-2-12(10(15)11-9(6)14)8-5-16-4-7(8)3-13/h2,7-8,13H,3-5H2,1H3,(H,11,14,15)/t7-,8+/m1/s1. The molecular weight excluding hydrogens is 228 g/mol. The minimum atomic E-state index is -0.387. The number of aromatic nitrogens is 2. The average molecular weight is 242 g/mol. The van der Waals surface area contributed by atoms with Gasteiger partial charge in [0.25, 0.3) is 5.56 Å². The topological polar surface area (TPSA) is 75.1 Å². The van der Waals surface area contributed by atoms with Crippen LogP contribution in [0.4, 0.5) is 0 Å². The first kappa shape index (κ1) is 11.5. The molecule has 2 N–H and O–H groups in total. The van der Waals surface area contributed by atoms with Crippen LogP contribution < -0.4 is 11.2 Å². The number of H-pyrrole nitrogens is 1. The van der Waals surface area contributed by atoms with E-state index >= 15 is 0 Å². The number of aryl methyl sites for hydroxylation is 1. The maximum atomic E-state index is 11.7. The van der Waals surface area contributed by atoms with E-state index < -0.39 is 0 Å². The number of hydrogen-bond acceptors (Lipinski definition) is 4. The van der Waals surface area contributed by atoms with Gasteiger partial charge in [0.2, 0.25) is 0 Å². The fourth-order valence-corrected chi connectivity index (χ4v) is 3.34. The Morgan fingerprint density at radius 3 is 3.00 bits per heavy atom. The van der Waals surface area contributed by atoms with E-state index in [1.54, 1.807) is 24.9 Å². The molecule has 0 radical (unpaired) electrons. The Kier molecular flexibility index (Phi) is 3.20. The fourth-order valence-electron chi connectivity index (χ4n) is 1.90. The minimum absolute atomic E-state index is 0.0157. The number of rotatable bonds is 2. The van der Waals surface area contributed by atoms with E-state index in [9.17, 15) is 14.7 Å². The molecule has 0 amide bonds. The molecule has 2 rings (SSSR count). The van der Waals surface area contributed by atoms with Gasteiger partial charge in [0, 0.05) is 35.8 Å². The second kappa shape index (κ2) is 4.47. The SMILES string of the molecule is Cc1cn([C@H]2CSC[C@H]2CO)c(=O)[nH]c1=O. The molecule has 0 saturated carbocycles. The van der Waals surface area contributed by atoms with Crippen molar-refractivity contribution in [1.82, 2.24) is 9.55 Å². The normalized spacial score (nSPS) is 24.9. The van der Waals surface area contributed by atoms with Crippen molar-refractivity contribution >= 4 is 11.8 Å². The molecule has 16 heavy (non-hydrogen) atoms. The zero-order valence-corrected chi connectivity index (χ0v) is 9.79. The third-order valence-electron chi connectivity index (χ3n) is 2.90. The third-order valence-corrected chi connectivity index (χ3v) is 4.14. The highest BCUT2D eigenvalue weighted by Gasteiger charge is 2.29. The van der Waals surface area contributed by atoms with Crippen LogP contribution in [0.5, 0.6) is 0 Å². The number of nitrogens with zero attached hydrogens (tertiary/aromatic N) is 1. The van der Waals surface area contributed by atoms with Crippen LogP contribution in [0.15, 0.2) is 15.8 Å². The Morgan fingerprint density at radius 2 is 2.31 bits per heavy atom. The first-order chi connectivity index (χ1) is 7.63. The van der Waals surface area contributed by atoms with Gasteiger partial charge >= 0.3 is 5.69 Å². The number of thioether (sulfide) groups is 1. The molecule has 1 saturated heterocycles. The van der Waals surface area contributed by atoms with Crippen molar-refractivity contribution in [3.63, 3.8) is 0 Å². The van der Waals surface area contributed by atoms with Crippen LogP contribution in [0.3, 0.4) is 0 Å². The van der Waals surface area contributed by atoms with Gasteiger partial charge in [0.1, 0.15) is 0 Å². The predicted octanol–water partition coefficient (Wildman–Crippen LogP) is -0.259. The molecule has 0 spiro atoms. The molecule has 0 unspecified atom stereocenters. The van der Waals surface area contributed by atoms with Gasteiger partial charge in [0.15, 0.2) is 0 Å². The van der Waals surface area contributed by atoms with Crippen LogP contribution in [-0.2, 0) is 0 Å². The predicted molar refractivity (Wildman–Crippen MR) is 63.0 cm³/mol. The summed E-state index contributed by atoms with van der Waals surface area (Å²) in [5.41, 5.74) is -0.206. The van der Waals surface area contributed by atoms with Crippen LogP contribution in [0.25, 0.3) is 0 Å². The molecule has 5 nitrogen and oxygen atoms in total. The smallest absolute Gasteiger partial charge is 0.328 e. The summed E-state index contributed by atoms with van der Waals surface area (Å²) in [6, 6.07) is -0.0157. The Balaban J connectivity index is 2.44. The van der Waals surface area contributed by atoms with Crippen molar-refractivity contribution < 1.29 is 5.11 Å². The average Bonchev–Trinajstić information content (AvgIpc) is 2.71. The molecule has 6 heteroatoms. The molecule has 2 atom stereocenters. The van der Waals surface area contributed by atoms with E-state index in [2.05, 4.69) is 4.98 Å². The molecule has 1 aromatic heterocycles. The zero-order chi connectivity index (χ0) is 11.7. The highest BCUT2D eigenvalue weighted by atomic mass is 32.2. The lowest BCUT2D eigenvalue weighted by Crippen LogP contribution is -2.36. The quantitative estimate of drug-likeness (QED) is 0.749. The van der Waals surface area contributed by atoms with E-state index in [0.29, 0.717) is 5.56 Å². The van der Waals surface area contributed by atoms with Gasteiger partial charge in [-0.2, -0.15) is 11.8 Å². The van der Waals surface area contributed by atoms with Crippen LogP contribution in [0.2, 0.25) is 0 Å². The number of aliphatic hydroxyl groups is 1. The lowest BCUT2D eigenvalue weighted by atomic mass is 10.1. The first-order valence-corrected chi connectivity index (χ1v) is 6.29. The third kappa shape index (κ3) is 1.94. The molecule has 88 valence electrons. The minimum Gasteiger partial charge on any atom is -0.396 e. The second-order valence-corrected chi connectivity index (χ2v) is 5.10. The summed E-state index contributed by atoms with van der Waals surface area (Å²) >= 11 is 1.72. The Labute approximate surface area is 96.5 Å². The van der Waals surface area contributed by atoms with Crippen molar-refractivity contribution in [2.24, 2.45) is 5.92 Å². The first-order valence-electron chi connectivity index (χ1n) is 5.14. The van der Waals surface area contributed by atoms with E-state index in [1.165, 1.54) is 4.57 Å². The van der Waals surface area contributed by atoms with Gasteiger partial charge in [-0.3, -0.25) is 14.3 Å². The van der Waals surface area contributed by atoms with Crippen molar-refractivity contribution in [2.45, 2.75) is 13.0 Å². The monoisotopic (exact) mass is 242 g/mol. The largest absolute Gasteiger partial charge is 0.396 e. The van der Waals surface area contributed by atoms with Crippen LogP contribution >= 0.6 is 11.8 Å². The lowest BCUT2D eigenvalue weighted by Gasteiger charge is -2.19. The maximum absolute atomic E-state index is 11.7. The summed E-state index contributed by atoms with van der Waals surface area (Å²) in [4.78, 5) is 25.2. The summed E-state index contributed by atoms with van der Waals surface area (Å²) in [5.74, 6) is 1.75. The van der Waals surface area contributed by atoms with Crippen LogP contribution in [0, 0.1) is 12.8 Å².